The minimum Gasteiger partial charge on any atom is -0.380 e. The lowest BCUT2D eigenvalue weighted by molar-refractivity contribution is 0.624. The molecule has 1 N–H and O–H groups in total. The van der Waals surface area contributed by atoms with Gasteiger partial charge in [-0.1, -0.05) is 24.3 Å². The van der Waals surface area contributed by atoms with E-state index >= 15 is 0 Å². The van der Waals surface area contributed by atoms with E-state index in [1.165, 1.54) is 17.2 Å². The van der Waals surface area contributed by atoms with Gasteiger partial charge >= 0.3 is 0 Å². The molecule has 2 aromatic carbocycles. The third kappa shape index (κ3) is 2.92. The molecule has 0 saturated heterocycles. The van der Waals surface area contributed by atoms with Gasteiger partial charge in [0.05, 0.1) is 5.69 Å². The van der Waals surface area contributed by atoms with Gasteiger partial charge in [0.2, 0.25) is 0 Å². The smallest absolute Gasteiger partial charge is 0.143 e. The first kappa shape index (κ1) is 13.1. The van der Waals surface area contributed by atoms with Crippen LogP contribution >= 0.6 is 0 Å². The van der Waals surface area contributed by atoms with Crippen LogP contribution in [0.15, 0.2) is 36.4 Å². The summed E-state index contributed by atoms with van der Waals surface area (Å²) in [4.78, 5) is 0. The molecule has 0 bridgehead atoms. The summed E-state index contributed by atoms with van der Waals surface area (Å²) in [7, 11) is 0. The Labute approximate surface area is 112 Å². The lowest BCUT2D eigenvalue weighted by Crippen LogP contribution is -2.03. The second-order valence-electron chi connectivity index (χ2n) is 4.55. The van der Waals surface area contributed by atoms with Crippen molar-refractivity contribution in [1.82, 2.24) is 0 Å². The van der Waals surface area contributed by atoms with Crippen LogP contribution in [0.2, 0.25) is 0 Å². The van der Waals surface area contributed by atoms with Crippen LogP contribution in [0.5, 0.6) is 0 Å². The molecular weight excluding hydrogens is 239 g/mol. The van der Waals surface area contributed by atoms with Crippen LogP contribution in [0.25, 0.3) is 0 Å². The monoisotopic (exact) mass is 254 g/mol. The summed E-state index contributed by atoms with van der Waals surface area (Å²) in [6.45, 7) is 4.69. The molecule has 0 aromatic heterocycles. The molecule has 2 rings (SSSR count). The quantitative estimate of drug-likeness (QED) is 0.900. The average molecular weight is 254 g/mol. The Morgan fingerprint density at radius 2 is 1.95 bits per heavy atom. The van der Waals surface area contributed by atoms with Crippen molar-refractivity contribution in [1.29, 1.82) is 5.26 Å². The van der Waals surface area contributed by atoms with E-state index in [0.29, 0.717) is 12.2 Å². The van der Waals surface area contributed by atoms with Gasteiger partial charge in [-0.3, -0.25) is 0 Å². The van der Waals surface area contributed by atoms with E-state index in [1.54, 1.807) is 12.1 Å². The maximum absolute atomic E-state index is 13.4. The van der Waals surface area contributed by atoms with E-state index in [-0.39, 0.29) is 5.56 Å². The van der Waals surface area contributed by atoms with Crippen LogP contribution in [0.1, 0.15) is 22.3 Å². The zero-order valence-electron chi connectivity index (χ0n) is 11.0. The van der Waals surface area contributed by atoms with Gasteiger partial charge in [0.15, 0.2) is 0 Å². The van der Waals surface area contributed by atoms with Gasteiger partial charge < -0.3 is 5.32 Å². The summed E-state index contributed by atoms with van der Waals surface area (Å²) in [5, 5.41) is 12.1. The van der Waals surface area contributed by atoms with Gasteiger partial charge in [-0.25, -0.2) is 4.39 Å². The Morgan fingerprint density at radius 1 is 1.16 bits per heavy atom. The highest BCUT2D eigenvalue weighted by Gasteiger charge is 2.07. The molecule has 2 nitrogen and oxygen atoms in total. The maximum atomic E-state index is 13.4. The fraction of sp³-hybridized carbons (Fsp3) is 0.188. The van der Waals surface area contributed by atoms with Crippen molar-refractivity contribution in [3.63, 3.8) is 0 Å². The molecule has 19 heavy (non-hydrogen) atoms. The van der Waals surface area contributed by atoms with Crippen molar-refractivity contribution in [3.05, 3.63) is 64.5 Å². The molecule has 0 fully saturated rings. The number of anilines is 1. The molecule has 0 atom stereocenters. The largest absolute Gasteiger partial charge is 0.380 e. The lowest BCUT2D eigenvalue weighted by atomic mass is 10.1. The molecule has 2 aromatic rings. The summed E-state index contributed by atoms with van der Waals surface area (Å²) in [5.41, 5.74) is 4.16. The van der Waals surface area contributed by atoms with Crippen molar-refractivity contribution in [2.45, 2.75) is 20.4 Å². The fourth-order valence-electron chi connectivity index (χ4n) is 1.90. The Bertz CT molecular complexity index is 642. The van der Waals surface area contributed by atoms with E-state index in [0.717, 1.165) is 5.56 Å². The van der Waals surface area contributed by atoms with Gasteiger partial charge in [-0.15, -0.1) is 0 Å². The van der Waals surface area contributed by atoms with Crippen LogP contribution in [0, 0.1) is 31.0 Å². The lowest BCUT2D eigenvalue weighted by Gasteiger charge is -2.10. The molecule has 0 radical (unpaired) electrons. The fourth-order valence-corrected chi connectivity index (χ4v) is 1.90. The number of nitriles is 1. The van der Waals surface area contributed by atoms with Crippen molar-refractivity contribution in [2.75, 3.05) is 5.32 Å². The topological polar surface area (TPSA) is 35.8 Å². The van der Waals surface area contributed by atoms with Crippen LogP contribution in [0.3, 0.4) is 0 Å². The normalized spacial score (nSPS) is 10.0. The number of hydrogen-bond acceptors (Lipinski definition) is 2. The Hall–Kier alpha value is -2.34. The van der Waals surface area contributed by atoms with Crippen molar-refractivity contribution >= 4 is 5.69 Å². The summed E-state index contributed by atoms with van der Waals surface area (Å²) < 4.78 is 13.4. The molecule has 0 heterocycles. The minimum absolute atomic E-state index is 0.0614. The molecule has 0 aliphatic heterocycles. The van der Waals surface area contributed by atoms with Crippen molar-refractivity contribution < 1.29 is 4.39 Å². The van der Waals surface area contributed by atoms with Gasteiger partial charge in [-0.05, 0) is 42.7 Å². The highest BCUT2D eigenvalue weighted by molar-refractivity contribution is 5.58. The van der Waals surface area contributed by atoms with E-state index in [4.69, 9.17) is 5.26 Å². The summed E-state index contributed by atoms with van der Waals surface area (Å²) in [6.07, 6.45) is 0. The van der Waals surface area contributed by atoms with Gasteiger partial charge in [0.1, 0.15) is 17.4 Å². The number of benzene rings is 2. The highest BCUT2D eigenvalue weighted by atomic mass is 19.1. The van der Waals surface area contributed by atoms with Crippen LogP contribution < -0.4 is 5.32 Å². The number of halogens is 1. The molecule has 0 spiro atoms. The Morgan fingerprint density at radius 3 is 2.63 bits per heavy atom. The molecule has 0 unspecified atom stereocenters. The minimum atomic E-state index is -0.493. The first-order valence-electron chi connectivity index (χ1n) is 6.10. The zero-order chi connectivity index (χ0) is 13.8. The second-order valence-corrected chi connectivity index (χ2v) is 4.55. The second kappa shape index (κ2) is 5.53. The third-order valence-electron chi connectivity index (χ3n) is 3.18. The van der Waals surface area contributed by atoms with E-state index in [9.17, 15) is 4.39 Å². The standard InChI is InChI=1S/C16H15FN2/c1-11-6-7-13(8-12(11)2)10-19-16-5-3-4-15(17)14(16)9-18/h3-8,19H,10H2,1-2H3. The molecule has 0 amide bonds. The highest BCUT2D eigenvalue weighted by Crippen LogP contribution is 2.19. The first-order valence-corrected chi connectivity index (χ1v) is 6.10. The average Bonchev–Trinajstić information content (AvgIpc) is 2.40. The number of hydrogen-bond donors (Lipinski definition) is 1. The van der Waals surface area contributed by atoms with Gasteiger partial charge in [0.25, 0.3) is 0 Å². The number of aryl methyl sites for hydroxylation is 2. The molecule has 0 saturated carbocycles. The summed E-state index contributed by atoms with van der Waals surface area (Å²) in [5.74, 6) is -0.493. The van der Waals surface area contributed by atoms with Crippen molar-refractivity contribution in [3.8, 4) is 6.07 Å². The zero-order valence-corrected chi connectivity index (χ0v) is 11.0. The molecule has 3 heteroatoms. The van der Waals surface area contributed by atoms with Gasteiger partial charge in [0, 0.05) is 6.54 Å². The first-order chi connectivity index (χ1) is 9.11. The number of nitrogens with one attached hydrogen (secondary N) is 1. The summed E-state index contributed by atoms with van der Waals surface area (Å²) in [6, 6.07) is 12.7. The van der Waals surface area contributed by atoms with E-state index < -0.39 is 5.82 Å². The van der Waals surface area contributed by atoms with Crippen molar-refractivity contribution in [2.24, 2.45) is 0 Å². The van der Waals surface area contributed by atoms with Gasteiger partial charge in [-0.2, -0.15) is 5.26 Å². The SMILES string of the molecule is Cc1ccc(CNc2cccc(F)c2C#N)cc1C. The third-order valence-corrected chi connectivity index (χ3v) is 3.18. The summed E-state index contributed by atoms with van der Waals surface area (Å²) >= 11 is 0. The Kier molecular flexibility index (Phi) is 3.82. The van der Waals surface area contributed by atoms with E-state index in [1.807, 2.05) is 12.1 Å². The van der Waals surface area contributed by atoms with Crippen LogP contribution in [-0.2, 0) is 6.54 Å². The van der Waals surface area contributed by atoms with E-state index in [2.05, 4.69) is 31.3 Å². The predicted octanol–water partition coefficient (Wildman–Crippen LogP) is 3.93. The maximum Gasteiger partial charge on any atom is 0.143 e. The molecular formula is C16H15FN2. The predicted molar refractivity (Wildman–Crippen MR) is 74.4 cm³/mol. The number of nitrogens with zero attached hydrogens (tertiary/aromatic N) is 1. The van der Waals surface area contributed by atoms with Crippen LogP contribution in [-0.4, -0.2) is 0 Å². The molecule has 0 aliphatic rings. The number of rotatable bonds is 3. The Balaban J connectivity index is 2.17. The van der Waals surface area contributed by atoms with Crippen LogP contribution in [0.4, 0.5) is 10.1 Å². The molecule has 96 valence electrons. The molecule has 0 aliphatic carbocycles.